The summed E-state index contributed by atoms with van der Waals surface area (Å²) < 4.78 is 0. The topological polar surface area (TPSA) is 45.8 Å². The Bertz CT molecular complexity index is 548. The molecule has 0 bridgehead atoms. The Morgan fingerprint density at radius 1 is 1.47 bits per heavy atom. The van der Waals surface area contributed by atoms with Crippen LogP contribution < -0.4 is 5.56 Å². The van der Waals surface area contributed by atoms with Crippen molar-refractivity contribution in [3.8, 4) is 0 Å². The molecule has 0 aliphatic heterocycles. The van der Waals surface area contributed by atoms with Crippen LogP contribution in [0.5, 0.6) is 0 Å². The highest BCUT2D eigenvalue weighted by molar-refractivity contribution is 6.17. The van der Waals surface area contributed by atoms with Gasteiger partial charge in [0.1, 0.15) is 5.82 Å². The van der Waals surface area contributed by atoms with Gasteiger partial charge in [-0.1, -0.05) is 12.1 Å². The second kappa shape index (κ2) is 4.03. The van der Waals surface area contributed by atoms with E-state index in [4.69, 9.17) is 11.6 Å². The molecule has 1 N–H and O–H groups in total. The van der Waals surface area contributed by atoms with Crippen molar-refractivity contribution in [2.75, 3.05) is 5.88 Å². The lowest BCUT2D eigenvalue weighted by Crippen LogP contribution is -2.12. The van der Waals surface area contributed by atoms with Gasteiger partial charge in [-0.25, -0.2) is 4.98 Å². The van der Waals surface area contributed by atoms with Crippen LogP contribution in [-0.2, 0) is 6.42 Å². The number of rotatable bonds is 2. The van der Waals surface area contributed by atoms with Crippen LogP contribution in [0.4, 0.5) is 0 Å². The van der Waals surface area contributed by atoms with E-state index in [-0.39, 0.29) is 5.56 Å². The Balaban J connectivity index is 2.74. The standard InChI is InChI=1S/C11H11ClN2O/c1-7-3-2-4-8-10(7)13-9(5-6-12)14-11(8)15/h2-4H,5-6H2,1H3,(H,13,14,15). The molecule has 3 nitrogen and oxygen atoms in total. The molecule has 0 saturated heterocycles. The van der Waals surface area contributed by atoms with Crippen molar-refractivity contribution in [1.82, 2.24) is 9.97 Å². The van der Waals surface area contributed by atoms with Crippen LogP contribution in [0.3, 0.4) is 0 Å². The molecular weight excluding hydrogens is 212 g/mol. The van der Waals surface area contributed by atoms with Gasteiger partial charge in [0.15, 0.2) is 0 Å². The lowest BCUT2D eigenvalue weighted by Gasteiger charge is -2.03. The van der Waals surface area contributed by atoms with Gasteiger partial charge in [-0.3, -0.25) is 4.79 Å². The fourth-order valence-corrected chi connectivity index (χ4v) is 1.74. The minimum Gasteiger partial charge on any atom is -0.310 e. The number of nitrogens with zero attached hydrogens (tertiary/aromatic N) is 1. The molecule has 0 spiro atoms. The average molecular weight is 223 g/mol. The number of benzene rings is 1. The number of alkyl halides is 1. The molecule has 0 unspecified atom stereocenters. The molecule has 15 heavy (non-hydrogen) atoms. The molecule has 0 saturated carbocycles. The van der Waals surface area contributed by atoms with Gasteiger partial charge in [0.05, 0.1) is 10.9 Å². The Hall–Kier alpha value is -1.35. The number of hydrogen-bond donors (Lipinski definition) is 1. The summed E-state index contributed by atoms with van der Waals surface area (Å²) in [6.07, 6.45) is 0.584. The maximum atomic E-state index is 11.7. The van der Waals surface area contributed by atoms with Gasteiger partial charge in [-0.05, 0) is 18.6 Å². The number of aryl methyl sites for hydroxylation is 2. The van der Waals surface area contributed by atoms with Crippen molar-refractivity contribution in [3.05, 3.63) is 39.9 Å². The van der Waals surface area contributed by atoms with Crippen LogP contribution in [-0.4, -0.2) is 15.8 Å². The molecule has 2 rings (SSSR count). The summed E-state index contributed by atoms with van der Waals surface area (Å²) in [6, 6.07) is 5.58. The van der Waals surface area contributed by atoms with E-state index >= 15 is 0 Å². The van der Waals surface area contributed by atoms with Crippen LogP contribution in [0.25, 0.3) is 10.9 Å². The zero-order valence-corrected chi connectivity index (χ0v) is 9.14. The van der Waals surface area contributed by atoms with E-state index in [9.17, 15) is 4.79 Å². The molecule has 0 radical (unpaired) electrons. The summed E-state index contributed by atoms with van der Waals surface area (Å²) >= 11 is 5.62. The minimum absolute atomic E-state index is 0.0937. The smallest absolute Gasteiger partial charge is 0.258 e. The maximum absolute atomic E-state index is 11.7. The summed E-state index contributed by atoms with van der Waals surface area (Å²) in [7, 11) is 0. The highest BCUT2D eigenvalue weighted by Crippen LogP contribution is 2.11. The Morgan fingerprint density at radius 3 is 3.00 bits per heavy atom. The van der Waals surface area contributed by atoms with Gasteiger partial charge in [0, 0.05) is 12.3 Å². The lowest BCUT2D eigenvalue weighted by molar-refractivity contribution is 0.947. The van der Waals surface area contributed by atoms with E-state index in [2.05, 4.69) is 9.97 Å². The van der Waals surface area contributed by atoms with E-state index in [1.807, 2.05) is 19.1 Å². The molecule has 4 heteroatoms. The molecule has 1 heterocycles. The van der Waals surface area contributed by atoms with Crippen LogP contribution >= 0.6 is 11.6 Å². The number of fused-ring (bicyclic) bond motifs is 1. The second-order valence-corrected chi connectivity index (χ2v) is 3.80. The predicted octanol–water partition coefficient (Wildman–Crippen LogP) is 2.01. The summed E-state index contributed by atoms with van der Waals surface area (Å²) in [6.45, 7) is 1.94. The third kappa shape index (κ3) is 1.88. The molecule has 0 aliphatic carbocycles. The van der Waals surface area contributed by atoms with E-state index in [0.717, 1.165) is 11.1 Å². The molecule has 78 valence electrons. The van der Waals surface area contributed by atoms with E-state index < -0.39 is 0 Å². The van der Waals surface area contributed by atoms with Crippen molar-refractivity contribution >= 4 is 22.5 Å². The number of aromatic nitrogens is 2. The molecule has 0 fully saturated rings. The molecule has 2 aromatic rings. The van der Waals surface area contributed by atoms with Gasteiger partial charge < -0.3 is 4.98 Å². The van der Waals surface area contributed by atoms with E-state index in [1.54, 1.807) is 6.07 Å². The molecule has 0 amide bonds. The molecular formula is C11H11ClN2O. The minimum atomic E-state index is -0.0937. The number of aromatic amines is 1. The second-order valence-electron chi connectivity index (χ2n) is 3.42. The normalized spacial score (nSPS) is 10.8. The first-order valence-electron chi connectivity index (χ1n) is 4.77. The van der Waals surface area contributed by atoms with E-state index in [0.29, 0.717) is 23.5 Å². The first-order valence-corrected chi connectivity index (χ1v) is 5.30. The molecule has 1 aromatic heterocycles. The zero-order chi connectivity index (χ0) is 10.8. The number of para-hydroxylation sites is 1. The number of halogens is 1. The summed E-state index contributed by atoms with van der Waals surface area (Å²) in [4.78, 5) is 18.8. The molecule has 0 aliphatic rings. The Labute approximate surface area is 92.1 Å². The Kier molecular flexibility index (Phi) is 2.73. The highest BCUT2D eigenvalue weighted by Gasteiger charge is 2.04. The zero-order valence-electron chi connectivity index (χ0n) is 8.38. The van der Waals surface area contributed by atoms with E-state index in [1.165, 1.54) is 0 Å². The van der Waals surface area contributed by atoms with Crippen LogP contribution in [0.1, 0.15) is 11.4 Å². The fraction of sp³-hybridized carbons (Fsp3) is 0.273. The van der Waals surface area contributed by atoms with Crippen molar-refractivity contribution in [1.29, 1.82) is 0 Å². The SMILES string of the molecule is Cc1cccc2c(=O)[nH]c(CCCl)nc12. The van der Waals surface area contributed by atoms with Crippen LogP contribution in [0.15, 0.2) is 23.0 Å². The van der Waals surface area contributed by atoms with Gasteiger partial charge in [0.2, 0.25) is 0 Å². The average Bonchev–Trinajstić information content (AvgIpc) is 2.20. The van der Waals surface area contributed by atoms with Crippen molar-refractivity contribution in [2.24, 2.45) is 0 Å². The van der Waals surface area contributed by atoms with Crippen LogP contribution in [0.2, 0.25) is 0 Å². The molecule has 1 aromatic carbocycles. The first kappa shape index (κ1) is 10.2. The van der Waals surface area contributed by atoms with Gasteiger partial charge in [-0.2, -0.15) is 0 Å². The van der Waals surface area contributed by atoms with Crippen molar-refractivity contribution in [3.63, 3.8) is 0 Å². The quantitative estimate of drug-likeness (QED) is 0.791. The summed E-state index contributed by atoms with van der Waals surface area (Å²) in [5.41, 5.74) is 1.68. The largest absolute Gasteiger partial charge is 0.310 e. The third-order valence-corrected chi connectivity index (χ3v) is 2.51. The van der Waals surface area contributed by atoms with Gasteiger partial charge in [0.25, 0.3) is 5.56 Å². The fourth-order valence-electron chi connectivity index (χ4n) is 1.56. The number of H-pyrrole nitrogens is 1. The predicted molar refractivity (Wildman–Crippen MR) is 61.5 cm³/mol. The van der Waals surface area contributed by atoms with Crippen molar-refractivity contribution in [2.45, 2.75) is 13.3 Å². The highest BCUT2D eigenvalue weighted by atomic mass is 35.5. The lowest BCUT2D eigenvalue weighted by atomic mass is 10.1. The third-order valence-electron chi connectivity index (χ3n) is 2.32. The number of nitrogens with one attached hydrogen (secondary N) is 1. The van der Waals surface area contributed by atoms with Gasteiger partial charge >= 0.3 is 0 Å². The first-order chi connectivity index (χ1) is 7.22. The summed E-state index contributed by atoms with van der Waals surface area (Å²) in [5.74, 6) is 1.11. The monoisotopic (exact) mass is 222 g/mol. The van der Waals surface area contributed by atoms with Crippen LogP contribution in [0, 0.1) is 6.92 Å². The van der Waals surface area contributed by atoms with Gasteiger partial charge in [-0.15, -0.1) is 11.6 Å². The maximum Gasteiger partial charge on any atom is 0.258 e. The Morgan fingerprint density at radius 2 is 2.27 bits per heavy atom. The summed E-state index contributed by atoms with van der Waals surface area (Å²) in [5, 5.41) is 0.633. The molecule has 0 atom stereocenters. The number of hydrogen-bond acceptors (Lipinski definition) is 2. The van der Waals surface area contributed by atoms with Crippen molar-refractivity contribution < 1.29 is 0 Å².